The van der Waals surface area contributed by atoms with E-state index in [1.165, 1.54) is 4.90 Å². The maximum atomic E-state index is 11.9. The van der Waals surface area contributed by atoms with Crippen LogP contribution >= 0.6 is 11.6 Å². The van der Waals surface area contributed by atoms with Crippen LogP contribution in [0.4, 0.5) is 5.82 Å². The van der Waals surface area contributed by atoms with Crippen LogP contribution in [0.5, 0.6) is 5.75 Å². The Morgan fingerprint density at radius 1 is 1.26 bits per heavy atom. The summed E-state index contributed by atoms with van der Waals surface area (Å²) in [6.07, 6.45) is 1.62. The second kappa shape index (κ2) is 6.20. The number of aromatic nitrogens is 1. The van der Waals surface area contributed by atoms with Crippen molar-refractivity contribution in [3.63, 3.8) is 0 Å². The zero-order chi connectivity index (χ0) is 13.7. The topological polar surface area (TPSA) is 53.4 Å². The number of hydrogen-bond acceptors (Lipinski definition) is 3. The SMILES string of the molecule is O=C(CCl)N(Cc1cccc(O)c1)c1ccccn1. The molecular formula is C14H13ClN2O2. The van der Waals surface area contributed by atoms with E-state index >= 15 is 0 Å². The van der Waals surface area contributed by atoms with E-state index in [1.807, 2.05) is 6.07 Å². The molecule has 0 saturated carbocycles. The normalized spacial score (nSPS) is 10.2. The summed E-state index contributed by atoms with van der Waals surface area (Å²) >= 11 is 5.63. The first-order valence-electron chi connectivity index (χ1n) is 5.76. The van der Waals surface area contributed by atoms with Gasteiger partial charge in [-0.3, -0.25) is 9.69 Å². The molecule has 0 fully saturated rings. The fraction of sp³-hybridized carbons (Fsp3) is 0.143. The Bertz CT molecular complexity index is 560. The first-order valence-corrected chi connectivity index (χ1v) is 6.29. The molecule has 0 aliphatic carbocycles. The minimum atomic E-state index is -0.233. The maximum absolute atomic E-state index is 11.9. The van der Waals surface area contributed by atoms with Crippen LogP contribution in [-0.4, -0.2) is 21.9 Å². The molecule has 4 nitrogen and oxygen atoms in total. The quantitative estimate of drug-likeness (QED) is 0.873. The highest BCUT2D eigenvalue weighted by Crippen LogP contribution is 2.17. The van der Waals surface area contributed by atoms with Gasteiger partial charge >= 0.3 is 0 Å². The molecule has 1 aromatic heterocycles. The van der Waals surface area contributed by atoms with Gasteiger partial charge in [-0.1, -0.05) is 18.2 Å². The summed E-state index contributed by atoms with van der Waals surface area (Å²) in [4.78, 5) is 17.5. The van der Waals surface area contributed by atoms with Crippen LogP contribution in [0.25, 0.3) is 0 Å². The summed E-state index contributed by atoms with van der Waals surface area (Å²) in [6, 6.07) is 12.1. The number of hydrogen-bond donors (Lipinski definition) is 1. The second-order valence-electron chi connectivity index (χ2n) is 3.97. The highest BCUT2D eigenvalue weighted by Gasteiger charge is 2.16. The van der Waals surface area contributed by atoms with E-state index in [4.69, 9.17) is 11.6 Å². The number of amides is 1. The summed E-state index contributed by atoms with van der Waals surface area (Å²) in [5, 5.41) is 9.45. The van der Waals surface area contributed by atoms with Crippen LogP contribution in [0, 0.1) is 0 Å². The van der Waals surface area contributed by atoms with Crippen molar-refractivity contribution in [2.24, 2.45) is 0 Å². The van der Waals surface area contributed by atoms with Gasteiger partial charge in [0.25, 0.3) is 0 Å². The van der Waals surface area contributed by atoms with Crippen molar-refractivity contribution >= 4 is 23.3 Å². The predicted molar refractivity (Wildman–Crippen MR) is 74.3 cm³/mol. The molecule has 2 aromatic rings. The van der Waals surface area contributed by atoms with Gasteiger partial charge in [-0.05, 0) is 29.8 Å². The maximum Gasteiger partial charge on any atom is 0.243 e. The van der Waals surface area contributed by atoms with Gasteiger partial charge in [0.05, 0.1) is 6.54 Å². The third-order valence-electron chi connectivity index (χ3n) is 2.59. The molecule has 1 aromatic carbocycles. The smallest absolute Gasteiger partial charge is 0.243 e. The van der Waals surface area contributed by atoms with Gasteiger partial charge in [0.1, 0.15) is 17.4 Å². The summed E-state index contributed by atoms with van der Waals surface area (Å²) in [5.41, 5.74) is 0.809. The number of phenols is 1. The number of carbonyl (C=O) groups excluding carboxylic acids is 1. The molecule has 0 aliphatic heterocycles. The first-order chi connectivity index (χ1) is 9.20. The number of pyridine rings is 1. The van der Waals surface area contributed by atoms with Gasteiger partial charge in [-0.25, -0.2) is 4.98 Å². The number of alkyl halides is 1. The lowest BCUT2D eigenvalue weighted by Crippen LogP contribution is -2.32. The minimum Gasteiger partial charge on any atom is -0.508 e. The van der Waals surface area contributed by atoms with E-state index in [0.717, 1.165) is 5.56 Å². The van der Waals surface area contributed by atoms with Gasteiger partial charge in [0, 0.05) is 6.20 Å². The molecule has 0 atom stereocenters. The molecule has 1 amide bonds. The Labute approximate surface area is 116 Å². The van der Waals surface area contributed by atoms with Gasteiger partial charge < -0.3 is 5.11 Å². The van der Waals surface area contributed by atoms with Crippen LogP contribution in [-0.2, 0) is 11.3 Å². The van der Waals surface area contributed by atoms with Crippen molar-refractivity contribution in [2.45, 2.75) is 6.54 Å². The molecule has 19 heavy (non-hydrogen) atoms. The summed E-state index contributed by atoms with van der Waals surface area (Å²) in [5.74, 6) is 0.354. The van der Waals surface area contributed by atoms with Crippen LogP contribution in [0.3, 0.4) is 0 Å². The van der Waals surface area contributed by atoms with Crippen molar-refractivity contribution in [2.75, 3.05) is 10.8 Å². The lowest BCUT2D eigenvalue weighted by atomic mass is 10.2. The van der Waals surface area contributed by atoms with Crippen LogP contribution < -0.4 is 4.90 Å². The molecule has 0 spiro atoms. The number of phenolic OH excluding ortho intramolecular Hbond substituents is 1. The van der Waals surface area contributed by atoms with Crippen LogP contribution in [0.15, 0.2) is 48.7 Å². The third-order valence-corrected chi connectivity index (χ3v) is 2.82. The van der Waals surface area contributed by atoms with Crippen molar-refractivity contribution in [1.82, 2.24) is 4.98 Å². The molecule has 1 heterocycles. The largest absolute Gasteiger partial charge is 0.508 e. The lowest BCUT2D eigenvalue weighted by Gasteiger charge is -2.20. The van der Waals surface area contributed by atoms with Crippen molar-refractivity contribution in [3.05, 3.63) is 54.2 Å². The zero-order valence-electron chi connectivity index (χ0n) is 10.2. The van der Waals surface area contributed by atoms with Gasteiger partial charge in [-0.2, -0.15) is 0 Å². The molecule has 0 bridgehead atoms. The molecule has 1 N–H and O–H groups in total. The van der Waals surface area contributed by atoms with E-state index in [9.17, 15) is 9.90 Å². The fourth-order valence-corrected chi connectivity index (χ4v) is 1.86. The molecule has 0 saturated heterocycles. The van der Waals surface area contributed by atoms with Crippen molar-refractivity contribution in [1.29, 1.82) is 0 Å². The number of nitrogens with zero attached hydrogens (tertiary/aromatic N) is 2. The Hall–Kier alpha value is -2.07. The summed E-state index contributed by atoms with van der Waals surface area (Å²) < 4.78 is 0. The van der Waals surface area contributed by atoms with E-state index in [2.05, 4.69) is 4.98 Å². The molecule has 5 heteroatoms. The van der Waals surface area contributed by atoms with E-state index in [1.54, 1.807) is 42.6 Å². The molecule has 98 valence electrons. The fourth-order valence-electron chi connectivity index (χ4n) is 1.72. The van der Waals surface area contributed by atoms with Gasteiger partial charge in [0.2, 0.25) is 5.91 Å². The number of aromatic hydroxyl groups is 1. The summed E-state index contributed by atoms with van der Waals surface area (Å²) in [7, 11) is 0. The third kappa shape index (κ3) is 3.45. The van der Waals surface area contributed by atoms with Crippen LogP contribution in [0.1, 0.15) is 5.56 Å². The van der Waals surface area contributed by atoms with E-state index < -0.39 is 0 Å². The number of anilines is 1. The lowest BCUT2D eigenvalue weighted by molar-refractivity contribution is -0.116. The van der Waals surface area contributed by atoms with E-state index in [-0.39, 0.29) is 17.5 Å². The van der Waals surface area contributed by atoms with Crippen LogP contribution in [0.2, 0.25) is 0 Å². The zero-order valence-corrected chi connectivity index (χ0v) is 10.9. The highest BCUT2D eigenvalue weighted by molar-refractivity contribution is 6.29. The number of halogens is 1. The minimum absolute atomic E-state index is 0.116. The number of benzene rings is 1. The average molecular weight is 277 g/mol. The monoisotopic (exact) mass is 276 g/mol. The standard InChI is InChI=1S/C14H13ClN2O2/c15-9-14(19)17(13-6-1-2-7-16-13)10-11-4-3-5-12(18)8-11/h1-8,18H,9-10H2. The number of carbonyl (C=O) groups is 1. The molecule has 0 radical (unpaired) electrons. The Morgan fingerprint density at radius 3 is 2.74 bits per heavy atom. The second-order valence-corrected chi connectivity index (χ2v) is 4.24. The predicted octanol–water partition coefficient (Wildman–Crippen LogP) is 2.56. The Morgan fingerprint density at radius 2 is 2.11 bits per heavy atom. The van der Waals surface area contributed by atoms with Crippen molar-refractivity contribution < 1.29 is 9.90 Å². The molecule has 0 aliphatic rings. The first kappa shape index (κ1) is 13.4. The van der Waals surface area contributed by atoms with E-state index in [0.29, 0.717) is 12.4 Å². The molecular weight excluding hydrogens is 264 g/mol. The number of rotatable bonds is 4. The molecule has 2 rings (SSSR count). The Balaban J connectivity index is 2.27. The van der Waals surface area contributed by atoms with Gasteiger partial charge in [0.15, 0.2) is 0 Å². The average Bonchev–Trinajstić information content (AvgIpc) is 2.45. The summed E-state index contributed by atoms with van der Waals surface area (Å²) in [6.45, 7) is 0.316. The van der Waals surface area contributed by atoms with Crippen molar-refractivity contribution in [3.8, 4) is 5.75 Å². The Kier molecular flexibility index (Phi) is 4.36. The van der Waals surface area contributed by atoms with Gasteiger partial charge in [-0.15, -0.1) is 11.6 Å². The molecule has 0 unspecified atom stereocenters. The highest BCUT2D eigenvalue weighted by atomic mass is 35.5.